The maximum atomic E-state index is 4.39. The highest BCUT2D eigenvalue weighted by Crippen LogP contribution is 2.21. The molecule has 0 aromatic carbocycles. The quantitative estimate of drug-likeness (QED) is 0.934. The van der Waals surface area contributed by atoms with Gasteiger partial charge in [-0.1, -0.05) is 20.8 Å². The molecule has 0 atom stereocenters. The van der Waals surface area contributed by atoms with E-state index in [1.54, 1.807) is 6.33 Å². The first-order valence-corrected chi connectivity index (χ1v) is 7.02. The van der Waals surface area contributed by atoms with Gasteiger partial charge in [0.25, 0.3) is 0 Å². The first-order valence-electron chi connectivity index (χ1n) is 7.02. The molecule has 0 spiro atoms. The van der Waals surface area contributed by atoms with E-state index in [0.717, 1.165) is 29.6 Å². The molecule has 0 saturated carbocycles. The summed E-state index contributed by atoms with van der Waals surface area (Å²) in [7, 11) is 5.95. The number of aromatic amines is 1. The van der Waals surface area contributed by atoms with Gasteiger partial charge in [0.2, 0.25) is 0 Å². The van der Waals surface area contributed by atoms with Crippen LogP contribution in [0.25, 0.3) is 0 Å². The summed E-state index contributed by atoms with van der Waals surface area (Å²) in [6.07, 6.45) is 1.59. The molecule has 0 aliphatic rings. The van der Waals surface area contributed by atoms with Crippen LogP contribution in [0, 0.1) is 0 Å². The second kappa shape index (κ2) is 5.71. The topological polar surface area (TPSA) is 60.9 Å². The first-order chi connectivity index (χ1) is 9.77. The summed E-state index contributed by atoms with van der Waals surface area (Å²) in [6, 6.07) is 4.09. The second-order valence-electron chi connectivity index (χ2n) is 6.51. The van der Waals surface area contributed by atoms with Crippen molar-refractivity contribution in [3.05, 3.63) is 29.8 Å². The molecular formula is C15H24N6. The summed E-state index contributed by atoms with van der Waals surface area (Å²) in [6.45, 7) is 7.20. The van der Waals surface area contributed by atoms with Crippen LogP contribution < -0.4 is 9.80 Å². The van der Waals surface area contributed by atoms with Crippen LogP contribution in [0.2, 0.25) is 0 Å². The number of hydrogen-bond donors (Lipinski definition) is 1. The van der Waals surface area contributed by atoms with E-state index < -0.39 is 0 Å². The summed E-state index contributed by atoms with van der Waals surface area (Å²) < 4.78 is 0. The van der Waals surface area contributed by atoms with Crippen molar-refractivity contribution in [3.8, 4) is 0 Å². The highest BCUT2D eigenvalue weighted by atomic mass is 15.2. The minimum atomic E-state index is 0.0559. The molecule has 2 aromatic heterocycles. The standard InChI is InChI=1S/C15H24N6/c1-15(2,3)12-7-11(18-19-12)9-21(6)14-8-13(20(4)5)16-10-17-14/h7-8,10H,9H2,1-6H3,(H,18,19). The van der Waals surface area contributed by atoms with Gasteiger partial charge in [-0.25, -0.2) is 9.97 Å². The van der Waals surface area contributed by atoms with Crippen LogP contribution in [0.1, 0.15) is 32.2 Å². The van der Waals surface area contributed by atoms with Gasteiger partial charge < -0.3 is 9.80 Å². The molecule has 0 saturated heterocycles. The Hall–Kier alpha value is -2.11. The Morgan fingerprint density at radius 2 is 1.71 bits per heavy atom. The lowest BCUT2D eigenvalue weighted by Gasteiger charge is -2.19. The molecule has 1 N–H and O–H groups in total. The van der Waals surface area contributed by atoms with E-state index in [1.165, 1.54) is 0 Å². The lowest BCUT2D eigenvalue weighted by molar-refractivity contribution is 0.567. The zero-order valence-electron chi connectivity index (χ0n) is 13.7. The molecule has 0 radical (unpaired) electrons. The fraction of sp³-hybridized carbons (Fsp3) is 0.533. The van der Waals surface area contributed by atoms with E-state index in [9.17, 15) is 0 Å². The molecule has 21 heavy (non-hydrogen) atoms. The molecule has 0 amide bonds. The summed E-state index contributed by atoms with van der Waals surface area (Å²) >= 11 is 0. The third kappa shape index (κ3) is 3.71. The average Bonchev–Trinajstić information content (AvgIpc) is 2.87. The minimum Gasteiger partial charge on any atom is -0.363 e. The van der Waals surface area contributed by atoms with Gasteiger partial charge in [-0.2, -0.15) is 5.10 Å². The average molecular weight is 288 g/mol. The van der Waals surface area contributed by atoms with Gasteiger partial charge in [-0.15, -0.1) is 0 Å². The molecule has 0 bridgehead atoms. The summed E-state index contributed by atoms with van der Waals surface area (Å²) in [5.74, 6) is 1.78. The molecule has 0 fully saturated rings. The molecule has 2 rings (SSSR count). The van der Waals surface area contributed by atoms with Crippen molar-refractivity contribution in [3.63, 3.8) is 0 Å². The van der Waals surface area contributed by atoms with Gasteiger partial charge in [-0.3, -0.25) is 5.10 Å². The number of anilines is 2. The Morgan fingerprint density at radius 3 is 2.29 bits per heavy atom. The second-order valence-corrected chi connectivity index (χ2v) is 6.51. The molecule has 2 aromatic rings. The van der Waals surface area contributed by atoms with E-state index in [2.05, 4.69) is 51.9 Å². The van der Waals surface area contributed by atoms with Crippen LogP contribution in [0.15, 0.2) is 18.5 Å². The minimum absolute atomic E-state index is 0.0559. The number of aromatic nitrogens is 4. The molecule has 0 unspecified atom stereocenters. The molecule has 6 heteroatoms. The third-order valence-electron chi connectivity index (χ3n) is 3.29. The number of nitrogens with zero attached hydrogens (tertiary/aromatic N) is 5. The Labute approximate surface area is 126 Å². The van der Waals surface area contributed by atoms with E-state index in [4.69, 9.17) is 0 Å². The monoisotopic (exact) mass is 288 g/mol. The van der Waals surface area contributed by atoms with Gasteiger partial charge in [-0.05, 0) is 6.07 Å². The molecule has 2 heterocycles. The van der Waals surface area contributed by atoms with Gasteiger partial charge in [0, 0.05) is 32.6 Å². The number of rotatable bonds is 4. The normalized spacial score (nSPS) is 11.5. The summed E-state index contributed by atoms with van der Waals surface area (Å²) in [5, 5.41) is 7.49. The van der Waals surface area contributed by atoms with E-state index in [1.807, 2.05) is 32.1 Å². The third-order valence-corrected chi connectivity index (χ3v) is 3.29. The fourth-order valence-electron chi connectivity index (χ4n) is 1.95. The number of hydrogen-bond acceptors (Lipinski definition) is 5. The van der Waals surface area contributed by atoms with E-state index in [0.29, 0.717) is 0 Å². The van der Waals surface area contributed by atoms with Gasteiger partial charge >= 0.3 is 0 Å². The summed E-state index contributed by atoms with van der Waals surface area (Å²) in [4.78, 5) is 12.6. The Kier molecular flexibility index (Phi) is 4.16. The Bertz CT molecular complexity index is 596. The predicted molar refractivity (Wildman–Crippen MR) is 85.8 cm³/mol. The van der Waals surface area contributed by atoms with Crippen molar-refractivity contribution in [2.24, 2.45) is 0 Å². The maximum absolute atomic E-state index is 4.39. The van der Waals surface area contributed by atoms with Crippen LogP contribution in [0.4, 0.5) is 11.6 Å². The Balaban J connectivity index is 2.12. The highest BCUT2D eigenvalue weighted by Gasteiger charge is 2.18. The van der Waals surface area contributed by atoms with Crippen LogP contribution in [-0.2, 0) is 12.0 Å². The van der Waals surface area contributed by atoms with Gasteiger partial charge in [0.15, 0.2) is 0 Å². The van der Waals surface area contributed by atoms with Crippen molar-refractivity contribution >= 4 is 11.6 Å². The van der Waals surface area contributed by atoms with Crippen molar-refractivity contribution in [1.82, 2.24) is 20.2 Å². The van der Waals surface area contributed by atoms with Crippen molar-refractivity contribution in [2.45, 2.75) is 32.7 Å². The van der Waals surface area contributed by atoms with E-state index in [-0.39, 0.29) is 5.41 Å². The lowest BCUT2D eigenvalue weighted by atomic mass is 9.92. The first kappa shape index (κ1) is 15.3. The Morgan fingerprint density at radius 1 is 1.05 bits per heavy atom. The van der Waals surface area contributed by atoms with Crippen LogP contribution in [-0.4, -0.2) is 41.3 Å². The molecule has 0 aliphatic carbocycles. The zero-order valence-corrected chi connectivity index (χ0v) is 13.7. The fourth-order valence-corrected chi connectivity index (χ4v) is 1.95. The zero-order chi connectivity index (χ0) is 15.6. The van der Waals surface area contributed by atoms with Crippen LogP contribution >= 0.6 is 0 Å². The van der Waals surface area contributed by atoms with Crippen molar-refractivity contribution in [1.29, 1.82) is 0 Å². The smallest absolute Gasteiger partial charge is 0.134 e. The van der Waals surface area contributed by atoms with Gasteiger partial charge in [0.1, 0.15) is 18.0 Å². The molecule has 0 aliphatic heterocycles. The highest BCUT2D eigenvalue weighted by molar-refractivity contribution is 5.48. The maximum Gasteiger partial charge on any atom is 0.134 e. The number of H-pyrrole nitrogens is 1. The molecular weight excluding hydrogens is 264 g/mol. The largest absolute Gasteiger partial charge is 0.363 e. The number of nitrogens with one attached hydrogen (secondary N) is 1. The molecule has 6 nitrogen and oxygen atoms in total. The van der Waals surface area contributed by atoms with Crippen molar-refractivity contribution < 1.29 is 0 Å². The van der Waals surface area contributed by atoms with Crippen LogP contribution in [0.3, 0.4) is 0 Å². The predicted octanol–water partition coefficient (Wildman–Crippen LogP) is 2.20. The van der Waals surface area contributed by atoms with Gasteiger partial charge in [0.05, 0.1) is 17.9 Å². The van der Waals surface area contributed by atoms with Crippen molar-refractivity contribution in [2.75, 3.05) is 30.9 Å². The van der Waals surface area contributed by atoms with E-state index >= 15 is 0 Å². The lowest BCUT2D eigenvalue weighted by Crippen LogP contribution is -2.19. The van der Waals surface area contributed by atoms with Crippen LogP contribution in [0.5, 0.6) is 0 Å². The summed E-state index contributed by atoms with van der Waals surface area (Å²) in [5.41, 5.74) is 2.20. The SMILES string of the molecule is CN(C)c1cc(N(C)Cc2cc(C(C)(C)C)n[nH]2)ncn1. The molecule has 114 valence electrons.